The van der Waals surface area contributed by atoms with Crippen molar-refractivity contribution in [3.05, 3.63) is 30.3 Å². The average Bonchev–Trinajstić information content (AvgIpc) is 2.27. The van der Waals surface area contributed by atoms with E-state index in [0.29, 0.717) is 6.10 Å². The zero-order valence-electron chi connectivity index (χ0n) is 10.3. The minimum absolute atomic E-state index is 0.330. The van der Waals surface area contributed by atoms with Gasteiger partial charge in [-0.15, -0.1) is 0 Å². The van der Waals surface area contributed by atoms with Crippen molar-refractivity contribution in [2.75, 3.05) is 0 Å². The van der Waals surface area contributed by atoms with Gasteiger partial charge in [0.15, 0.2) is 0 Å². The van der Waals surface area contributed by atoms with Gasteiger partial charge in [0.05, 0.1) is 0 Å². The van der Waals surface area contributed by atoms with Gasteiger partial charge in [-0.3, -0.25) is 0 Å². The van der Waals surface area contributed by atoms with E-state index in [4.69, 9.17) is 4.43 Å². The molecule has 2 heteroatoms. The summed E-state index contributed by atoms with van der Waals surface area (Å²) < 4.78 is 6.26. The van der Waals surface area contributed by atoms with E-state index in [-0.39, 0.29) is 0 Å². The van der Waals surface area contributed by atoms with Crippen LogP contribution in [-0.2, 0) is 4.43 Å². The summed E-state index contributed by atoms with van der Waals surface area (Å²) in [6, 6.07) is 13.1. The first-order chi connectivity index (χ1) is 7.14. The lowest BCUT2D eigenvalue weighted by Gasteiger charge is -2.31. The molecule has 0 saturated heterocycles. The van der Waals surface area contributed by atoms with E-state index in [1.165, 1.54) is 5.19 Å². The molecule has 0 atom stereocenters. The highest BCUT2D eigenvalue weighted by Crippen LogP contribution is 2.18. The lowest BCUT2D eigenvalue weighted by Crippen LogP contribution is -2.51. The fourth-order valence-corrected chi connectivity index (χ4v) is 5.57. The van der Waals surface area contributed by atoms with E-state index in [1.54, 1.807) is 0 Å². The molecule has 84 valence electrons. The van der Waals surface area contributed by atoms with Gasteiger partial charge in [0.25, 0.3) is 0 Å². The molecule has 0 fully saturated rings. The van der Waals surface area contributed by atoms with Crippen LogP contribution in [0, 0.1) is 0 Å². The molecule has 0 heterocycles. The van der Waals surface area contributed by atoms with Gasteiger partial charge in [0.2, 0.25) is 8.32 Å². The Morgan fingerprint density at radius 2 is 1.60 bits per heavy atom. The first-order valence-electron chi connectivity index (χ1n) is 5.88. The Labute approximate surface area is 94.6 Å². The van der Waals surface area contributed by atoms with Gasteiger partial charge in [-0.05, 0) is 31.1 Å². The van der Waals surface area contributed by atoms with Crippen molar-refractivity contribution < 1.29 is 4.43 Å². The molecule has 0 aliphatic rings. The summed E-state index contributed by atoms with van der Waals surface area (Å²) in [5, 5.41) is 1.43. The van der Waals surface area contributed by atoms with Gasteiger partial charge in [-0.1, -0.05) is 44.2 Å². The molecule has 0 bridgehead atoms. The van der Waals surface area contributed by atoms with Crippen LogP contribution in [-0.4, -0.2) is 14.4 Å². The van der Waals surface area contributed by atoms with Crippen molar-refractivity contribution in [3.63, 3.8) is 0 Å². The molecule has 0 aliphatic carbocycles. The van der Waals surface area contributed by atoms with E-state index in [1.807, 2.05) is 0 Å². The van der Waals surface area contributed by atoms with Crippen LogP contribution in [0.1, 0.15) is 27.7 Å². The quantitative estimate of drug-likeness (QED) is 0.695. The Balaban J connectivity index is 3.00. The highest BCUT2D eigenvalue weighted by Gasteiger charge is 2.33. The van der Waals surface area contributed by atoms with Crippen LogP contribution in [0.25, 0.3) is 0 Å². The maximum atomic E-state index is 6.26. The molecule has 0 amide bonds. The molecule has 1 aromatic carbocycles. The number of hydrogen-bond acceptors (Lipinski definition) is 1. The van der Waals surface area contributed by atoms with Gasteiger partial charge in [-0.25, -0.2) is 0 Å². The number of rotatable bonds is 5. The van der Waals surface area contributed by atoms with Crippen molar-refractivity contribution in [2.24, 2.45) is 0 Å². The second-order valence-electron chi connectivity index (χ2n) is 4.23. The van der Waals surface area contributed by atoms with Gasteiger partial charge in [0.1, 0.15) is 0 Å². The van der Waals surface area contributed by atoms with Gasteiger partial charge in [-0.2, -0.15) is 0 Å². The Bertz CT molecular complexity index is 278. The molecule has 0 N–H and O–H groups in total. The van der Waals surface area contributed by atoms with E-state index in [0.717, 1.165) is 12.1 Å². The second kappa shape index (κ2) is 5.47. The van der Waals surface area contributed by atoms with Crippen LogP contribution < -0.4 is 5.19 Å². The third-order valence-corrected chi connectivity index (χ3v) is 7.50. The van der Waals surface area contributed by atoms with Crippen LogP contribution >= 0.6 is 0 Å². The maximum Gasteiger partial charge on any atom is 0.224 e. The van der Waals surface area contributed by atoms with E-state index >= 15 is 0 Å². The molecule has 1 rings (SSSR count). The zero-order chi connectivity index (χ0) is 11.3. The highest BCUT2D eigenvalue weighted by molar-refractivity contribution is 6.86. The van der Waals surface area contributed by atoms with Crippen LogP contribution in [0.5, 0.6) is 0 Å². The predicted molar refractivity (Wildman–Crippen MR) is 69.0 cm³/mol. The summed E-state index contributed by atoms with van der Waals surface area (Å²) in [4.78, 5) is 0. The van der Waals surface area contributed by atoms with E-state index in [9.17, 15) is 0 Å². The Hall–Kier alpha value is -0.603. The van der Waals surface area contributed by atoms with Crippen LogP contribution in [0.4, 0.5) is 0 Å². The third-order valence-electron chi connectivity index (χ3n) is 2.90. The smallest absolute Gasteiger partial charge is 0.224 e. The molecule has 0 saturated carbocycles. The molecule has 0 aromatic heterocycles. The molecule has 0 radical (unpaired) electrons. The lowest BCUT2D eigenvalue weighted by molar-refractivity contribution is 0.232. The van der Waals surface area contributed by atoms with Crippen LogP contribution in [0.3, 0.4) is 0 Å². The van der Waals surface area contributed by atoms with Crippen LogP contribution in [0.15, 0.2) is 30.3 Å². The van der Waals surface area contributed by atoms with Crippen molar-refractivity contribution in [2.45, 2.75) is 45.9 Å². The monoisotopic (exact) mass is 222 g/mol. The number of hydrogen-bond donors (Lipinski definition) is 0. The molecular weight excluding hydrogens is 200 g/mol. The number of benzene rings is 1. The van der Waals surface area contributed by atoms with Crippen molar-refractivity contribution in [1.29, 1.82) is 0 Å². The minimum Gasteiger partial charge on any atom is -0.410 e. The van der Waals surface area contributed by atoms with Crippen LogP contribution in [0.2, 0.25) is 12.1 Å². The summed E-state index contributed by atoms with van der Waals surface area (Å²) in [5.41, 5.74) is 0. The zero-order valence-corrected chi connectivity index (χ0v) is 11.3. The Morgan fingerprint density at radius 3 is 2.00 bits per heavy atom. The lowest BCUT2D eigenvalue weighted by atomic mass is 10.4. The van der Waals surface area contributed by atoms with Crippen molar-refractivity contribution in [3.8, 4) is 0 Å². The first-order valence-corrected chi connectivity index (χ1v) is 8.20. The molecule has 1 aromatic rings. The standard InChI is InChI=1S/C13H22OSi/c1-5-15(6-2,14-12(3)4)13-10-8-7-9-11-13/h7-12H,5-6H2,1-4H3. The molecule has 0 unspecified atom stereocenters. The second-order valence-corrected chi connectivity index (χ2v) is 8.45. The van der Waals surface area contributed by atoms with Gasteiger partial charge < -0.3 is 4.43 Å². The molecule has 15 heavy (non-hydrogen) atoms. The minimum atomic E-state index is -1.68. The van der Waals surface area contributed by atoms with Gasteiger partial charge >= 0.3 is 0 Å². The third kappa shape index (κ3) is 2.92. The predicted octanol–water partition coefficient (Wildman–Crippen LogP) is 3.30. The Morgan fingerprint density at radius 1 is 1.07 bits per heavy atom. The normalized spacial score (nSPS) is 12.1. The first kappa shape index (κ1) is 12.5. The van der Waals surface area contributed by atoms with Crippen molar-refractivity contribution in [1.82, 2.24) is 0 Å². The molecular formula is C13H22OSi. The van der Waals surface area contributed by atoms with Crippen molar-refractivity contribution >= 4 is 13.5 Å². The maximum absolute atomic E-state index is 6.26. The summed E-state index contributed by atoms with van der Waals surface area (Å²) in [6.45, 7) is 8.78. The summed E-state index contributed by atoms with van der Waals surface area (Å²) in [7, 11) is -1.68. The summed E-state index contributed by atoms with van der Waals surface area (Å²) in [6.07, 6.45) is 0.330. The highest BCUT2D eigenvalue weighted by atomic mass is 28.4. The molecule has 0 aliphatic heterocycles. The fraction of sp³-hybridized carbons (Fsp3) is 0.538. The molecule has 0 spiro atoms. The Kier molecular flexibility index (Phi) is 4.55. The average molecular weight is 222 g/mol. The topological polar surface area (TPSA) is 9.23 Å². The van der Waals surface area contributed by atoms with Gasteiger partial charge in [0, 0.05) is 6.10 Å². The summed E-state index contributed by atoms with van der Waals surface area (Å²) >= 11 is 0. The van der Waals surface area contributed by atoms with E-state index < -0.39 is 8.32 Å². The summed E-state index contributed by atoms with van der Waals surface area (Å²) in [5.74, 6) is 0. The SMILES string of the molecule is CC[Si](CC)(OC(C)C)c1ccccc1. The fourth-order valence-electron chi connectivity index (χ4n) is 2.09. The van der Waals surface area contributed by atoms with E-state index in [2.05, 4.69) is 58.0 Å². The largest absolute Gasteiger partial charge is 0.410 e. The molecule has 1 nitrogen and oxygen atoms in total.